The molecule has 22 heavy (non-hydrogen) atoms. The van der Waals surface area contributed by atoms with Crippen molar-refractivity contribution < 1.29 is 19.4 Å². The Bertz CT molecular complexity index is 704. The van der Waals surface area contributed by atoms with Crippen molar-refractivity contribution in [3.8, 4) is 11.3 Å². The molecule has 1 aromatic heterocycles. The van der Waals surface area contributed by atoms with Crippen LogP contribution in [0.4, 0.5) is 5.69 Å². The van der Waals surface area contributed by atoms with Crippen molar-refractivity contribution in [2.45, 2.75) is 6.92 Å². The molecule has 0 radical (unpaired) electrons. The van der Waals surface area contributed by atoms with E-state index in [-0.39, 0.29) is 18.0 Å². The SMILES string of the molecule is C=C(Nc1cc(-c2ccccc2)[nH]c1C(=O)OCC)C(=O)O. The monoisotopic (exact) mass is 300 g/mol. The summed E-state index contributed by atoms with van der Waals surface area (Å²) in [5, 5.41) is 11.5. The number of hydrogen-bond acceptors (Lipinski definition) is 4. The lowest BCUT2D eigenvalue weighted by molar-refractivity contribution is -0.132. The summed E-state index contributed by atoms with van der Waals surface area (Å²) >= 11 is 0. The number of carbonyl (C=O) groups excluding carboxylic acids is 1. The van der Waals surface area contributed by atoms with Gasteiger partial charge in [-0.1, -0.05) is 36.9 Å². The zero-order valence-corrected chi connectivity index (χ0v) is 12.1. The highest BCUT2D eigenvalue weighted by Crippen LogP contribution is 2.27. The van der Waals surface area contributed by atoms with E-state index in [1.807, 2.05) is 30.3 Å². The van der Waals surface area contributed by atoms with E-state index in [4.69, 9.17) is 9.84 Å². The molecule has 0 spiro atoms. The zero-order valence-electron chi connectivity index (χ0n) is 12.1. The Balaban J connectivity index is 2.41. The van der Waals surface area contributed by atoms with Gasteiger partial charge in [-0.3, -0.25) is 0 Å². The molecule has 3 N–H and O–H groups in total. The topological polar surface area (TPSA) is 91.4 Å². The number of nitrogens with one attached hydrogen (secondary N) is 2. The average Bonchev–Trinajstić information content (AvgIpc) is 2.92. The highest BCUT2D eigenvalue weighted by Gasteiger charge is 2.19. The molecule has 0 unspecified atom stereocenters. The van der Waals surface area contributed by atoms with Crippen molar-refractivity contribution in [1.29, 1.82) is 0 Å². The molecule has 1 heterocycles. The summed E-state index contributed by atoms with van der Waals surface area (Å²) in [5.74, 6) is -1.76. The Hall–Kier alpha value is -3.02. The fraction of sp³-hybridized carbons (Fsp3) is 0.125. The van der Waals surface area contributed by atoms with Crippen molar-refractivity contribution in [1.82, 2.24) is 4.98 Å². The maximum Gasteiger partial charge on any atom is 0.356 e. The molecule has 1 aromatic carbocycles. The van der Waals surface area contributed by atoms with Gasteiger partial charge in [-0.2, -0.15) is 0 Å². The van der Waals surface area contributed by atoms with Gasteiger partial charge in [-0.05, 0) is 18.6 Å². The van der Waals surface area contributed by atoms with Crippen LogP contribution in [0.2, 0.25) is 0 Å². The smallest absolute Gasteiger partial charge is 0.356 e. The van der Waals surface area contributed by atoms with Gasteiger partial charge >= 0.3 is 11.9 Å². The molecule has 114 valence electrons. The number of aliphatic carboxylic acids is 1. The fourth-order valence-corrected chi connectivity index (χ4v) is 1.91. The second kappa shape index (κ2) is 6.62. The Morgan fingerprint density at radius 2 is 2.00 bits per heavy atom. The molecular formula is C16H16N2O4. The maximum absolute atomic E-state index is 12.0. The minimum Gasteiger partial charge on any atom is -0.477 e. The van der Waals surface area contributed by atoms with Crippen LogP contribution in [-0.4, -0.2) is 28.6 Å². The lowest BCUT2D eigenvalue weighted by Crippen LogP contribution is -2.12. The van der Waals surface area contributed by atoms with Crippen LogP contribution in [0.15, 0.2) is 48.7 Å². The number of rotatable bonds is 6. The van der Waals surface area contributed by atoms with E-state index in [9.17, 15) is 9.59 Å². The van der Waals surface area contributed by atoms with Crippen molar-refractivity contribution in [3.05, 3.63) is 54.4 Å². The number of esters is 1. The summed E-state index contributed by atoms with van der Waals surface area (Å²) in [6.07, 6.45) is 0. The van der Waals surface area contributed by atoms with Gasteiger partial charge in [0.25, 0.3) is 0 Å². The van der Waals surface area contributed by atoms with E-state index in [2.05, 4.69) is 16.9 Å². The molecule has 0 amide bonds. The number of aromatic nitrogens is 1. The van der Waals surface area contributed by atoms with Crippen LogP contribution >= 0.6 is 0 Å². The number of hydrogen-bond donors (Lipinski definition) is 3. The molecular weight excluding hydrogens is 284 g/mol. The van der Waals surface area contributed by atoms with Crippen molar-refractivity contribution in [2.24, 2.45) is 0 Å². The third-order valence-electron chi connectivity index (χ3n) is 2.93. The van der Waals surface area contributed by atoms with Gasteiger partial charge in [0.05, 0.1) is 12.3 Å². The van der Waals surface area contributed by atoms with Gasteiger partial charge in [-0.15, -0.1) is 0 Å². The lowest BCUT2D eigenvalue weighted by atomic mass is 10.1. The second-order valence-electron chi connectivity index (χ2n) is 4.47. The number of H-pyrrole nitrogens is 1. The summed E-state index contributed by atoms with van der Waals surface area (Å²) in [4.78, 5) is 25.8. The summed E-state index contributed by atoms with van der Waals surface area (Å²) in [7, 11) is 0. The van der Waals surface area contributed by atoms with Gasteiger partial charge in [0.2, 0.25) is 0 Å². The zero-order chi connectivity index (χ0) is 16.1. The van der Waals surface area contributed by atoms with Crippen LogP contribution in [0.3, 0.4) is 0 Å². The standard InChI is InChI=1S/C16H16N2O4/c1-3-22-16(21)14-13(17-10(2)15(19)20)9-12(18-14)11-7-5-4-6-8-11/h4-9,17-18H,2-3H2,1H3,(H,19,20). The average molecular weight is 300 g/mol. The van der Waals surface area contributed by atoms with E-state index in [1.165, 1.54) is 0 Å². The first-order valence-corrected chi connectivity index (χ1v) is 6.67. The highest BCUT2D eigenvalue weighted by atomic mass is 16.5. The van der Waals surface area contributed by atoms with Gasteiger partial charge in [-0.25, -0.2) is 9.59 Å². The van der Waals surface area contributed by atoms with Gasteiger partial charge in [0.15, 0.2) is 0 Å². The number of anilines is 1. The Labute approximate surface area is 127 Å². The quantitative estimate of drug-likeness (QED) is 0.563. The maximum atomic E-state index is 12.0. The Morgan fingerprint density at radius 1 is 1.32 bits per heavy atom. The van der Waals surface area contributed by atoms with E-state index < -0.39 is 11.9 Å². The molecule has 2 rings (SSSR count). The molecule has 0 saturated carbocycles. The molecule has 0 saturated heterocycles. The van der Waals surface area contributed by atoms with E-state index in [0.29, 0.717) is 11.4 Å². The number of carboxylic acid groups (broad SMARTS) is 1. The van der Waals surface area contributed by atoms with Crippen molar-refractivity contribution >= 4 is 17.6 Å². The summed E-state index contributed by atoms with van der Waals surface area (Å²) in [5.41, 5.74) is 1.77. The second-order valence-corrected chi connectivity index (χ2v) is 4.47. The number of ether oxygens (including phenoxy) is 1. The van der Waals surface area contributed by atoms with Gasteiger partial charge in [0.1, 0.15) is 11.4 Å². The molecule has 2 aromatic rings. The van der Waals surface area contributed by atoms with E-state index in [1.54, 1.807) is 13.0 Å². The van der Waals surface area contributed by atoms with Crippen LogP contribution in [0.5, 0.6) is 0 Å². The van der Waals surface area contributed by atoms with Crippen LogP contribution < -0.4 is 5.32 Å². The Morgan fingerprint density at radius 3 is 2.59 bits per heavy atom. The predicted molar refractivity (Wildman–Crippen MR) is 82.6 cm³/mol. The molecule has 6 heteroatoms. The summed E-state index contributed by atoms with van der Waals surface area (Å²) in [6, 6.07) is 11.0. The molecule has 0 aliphatic heterocycles. The van der Waals surface area contributed by atoms with Crippen LogP contribution in [0.1, 0.15) is 17.4 Å². The molecule has 0 aliphatic rings. The van der Waals surface area contributed by atoms with Crippen molar-refractivity contribution in [3.63, 3.8) is 0 Å². The third-order valence-corrected chi connectivity index (χ3v) is 2.93. The molecule has 6 nitrogen and oxygen atoms in total. The summed E-state index contributed by atoms with van der Waals surface area (Å²) < 4.78 is 4.97. The number of carbonyl (C=O) groups is 2. The van der Waals surface area contributed by atoms with Crippen molar-refractivity contribution in [2.75, 3.05) is 11.9 Å². The third kappa shape index (κ3) is 3.35. The highest BCUT2D eigenvalue weighted by molar-refractivity contribution is 5.98. The van der Waals surface area contributed by atoms with E-state index >= 15 is 0 Å². The predicted octanol–water partition coefficient (Wildman–Crippen LogP) is 2.87. The first-order valence-electron chi connectivity index (χ1n) is 6.67. The molecule has 0 bridgehead atoms. The van der Waals surface area contributed by atoms with Gasteiger partial charge < -0.3 is 20.1 Å². The number of aromatic amines is 1. The van der Waals surface area contributed by atoms with Crippen LogP contribution in [-0.2, 0) is 9.53 Å². The fourth-order valence-electron chi connectivity index (χ4n) is 1.91. The number of carboxylic acids is 1. The van der Waals surface area contributed by atoms with Crippen LogP contribution in [0, 0.1) is 0 Å². The number of benzene rings is 1. The first kappa shape index (κ1) is 15.4. The lowest BCUT2D eigenvalue weighted by Gasteiger charge is -2.06. The van der Waals surface area contributed by atoms with E-state index in [0.717, 1.165) is 5.56 Å². The first-order chi connectivity index (χ1) is 10.5. The molecule has 0 fully saturated rings. The van der Waals surface area contributed by atoms with Gasteiger partial charge in [0, 0.05) is 5.69 Å². The normalized spacial score (nSPS) is 10.0. The minimum absolute atomic E-state index is 0.156. The molecule has 0 aliphatic carbocycles. The Kier molecular flexibility index (Phi) is 4.63. The minimum atomic E-state index is -1.20. The molecule has 0 atom stereocenters. The summed E-state index contributed by atoms with van der Waals surface area (Å²) in [6.45, 7) is 5.32. The largest absolute Gasteiger partial charge is 0.477 e. The van der Waals surface area contributed by atoms with Crippen LogP contribution in [0.25, 0.3) is 11.3 Å².